The molecule has 1 rings (SSSR count). The van der Waals surface area contributed by atoms with Crippen molar-refractivity contribution in [3.8, 4) is 0 Å². The van der Waals surface area contributed by atoms with E-state index in [-0.39, 0.29) is 5.69 Å². The van der Waals surface area contributed by atoms with Crippen molar-refractivity contribution in [3.63, 3.8) is 0 Å². The highest BCUT2D eigenvalue weighted by atomic mass is 19.4. The number of anilines is 1. The molecular weight excluding hydrogens is 307 g/mol. The molecule has 0 atom stereocenters. The van der Waals surface area contributed by atoms with Crippen LogP contribution >= 0.6 is 0 Å². The minimum atomic E-state index is -4.43. The Hall–Kier alpha value is -2.24. The molecule has 0 unspecified atom stereocenters. The second-order valence-electron chi connectivity index (χ2n) is 5.90. The molecule has 1 amide bonds. The van der Waals surface area contributed by atoms with Crippen molar-refractivity contribution in [3.05, 3.63) is 54.3 Å². The van der Waals surface area contributed by atoms with Gasteiger partial charge in [0.05, 0.1) is 11.3 Å². The molecule has 0 bridgehead atoms. The molecule has 0 saturated carbocycles. The zero-order valence-electron chi connectivity index (χ0n) is 13.6. The Morgan fingerprint density at radius 1 is 1.17 bits per heavy atom. The number of allylic oxidation sites excluding steroid dienone is 3. The third-order valence-corrected chi connectivity index (χ3v) is 2.74. The van der Waals surface area contributed by atoms with Gasteiger partial charge in [0.25, 0.3) is 0 Å². The number of nitrogens with zero attached hydrogens (tertiary/aromatic N) is 1. The molecule has 0 heterocycles. The summed E-state index contributed by atoms with van der Waals surface area (Å²) in [4.78, 5) is 13.6. The highest BCUT2D eigenvalue weighted by molar-refractivity contribution is 5.91. The maximum atomic E-state index is 12.7. The molecule has 0 aliphatic rings. The number of benzene rings is 1. The lowest BCUT2D eigenvalue weighted by Crippen LogP contribution is -2.35. The molecule has 0 saturated heterocycles. The van der Waals surface area contributed by atoms with E-state index in [4.69, 9.17) is 4.74 Å². The Labute approximate surface area is 134 Å². The van der Waals surface area contributed by atoms with Gasteiger partial charge in [-0.3, -0.25) is 4.90 Å². The lowest BCUT2D eigenvalue weighted by atomic mass is 10.1. The fourth-order valence-corrected chi connectivity index (χ4v) is 1.81. The third kappa shape index (κ3) is 5.47. The van der Waals surface area contributed by atoms with Gasteiger partial charge in [-0.05, 0) is 58.0 Å². The van der Waals surface area contributed by atoms with Crippen molar-refractivity contribution in [2.45, 2.75) is 39.5 Å². The lowest BCUT2D eigenvalue weighted by molar-refractivity contribution is -0.137. The zero-order valence-corrected chi connectivity index (χ0v) is 13.6. The van der Waals surface area contributed by atoms with E-state index in [2.05, 4.69) is 6.58 Å². The highest BCUT2D eigenvalue weighted by Crippen LogP contribution is 2.31. The number of carbonyl (C=O) groups excluding carboxylic acids is 1. The normalized spacial score (nSPS) is 12.7. The maximum absolute atomic E-state index is 12.7. The average Bonchev–Trinajstić information content (AvgIpc) is 2.36. The van der Waals surface area contributed by atoms with Gasteiger partial charge in [0.15, 0.2) is 0 Å². The van der Waals surface area contributed by atoms with E-state index < -0.39 is 23.4 Å². The highest BCUT2D eigenvalue weighted by Gasteiger charge is 2.31. The monoisotopic (exact) mass is 327 g/mol. The number of hydrogen-bond acceptors (Lipinski definition) is 2. The fraction of sp³-hybridized carbons (Fsp3) is 0.353. The largest absolute Gasteiger partial charge is 0.443 e. The van der Waals surface area contributed by atoms with E-state index in [1.807, 2.05) is 0 Å². The summed E-state index contributed by atoms with van der Waals surface area (Å²) in [7, 11) is 0. The van der Waals surface area contributed by atoms with E-state index in [1.165, 1.54) is 23.1 Å². The van der Waals surface area contributed by atoms with Crippen LogP contribution in [-0.4, -0.2) is 11.7 Å². The molecule has 0 radical (unpaired) electrons. The molecule has 1 aromatic rings. The zero-order chi connectivity index (χ0) is 17.8. The van der Waals surface area contributed by atoms with E-state index in [9.17, 15) is 18.0 Å². The Morgan fingerprint density at radius 2 is 1.70 bits per heavy atom. The van der Waals surface area contributed by atoms with Crippen LogP contribution in [0.1, 0.15) is 33.3 Å². The van der Waals surface area contributed by atoms with Crippen LogP contribution in [0, 0.1) is 0 Å². The molecule has 23 heavy (non-hydrogen) atoms. The number of halogens is 3. The second-order valence-corrected chi connectivity index (χ2v) is 5.90. The van der Waals surface area contributed by atoms with Crippen LogP contribution in [0.3, 0.4) is 0 Å². The Morgan fingerprint density at radius 3 is 2.09 bits per heavy atom. The smallest absolute Gasteiger partial charge is 0.419 e. The molecule has 126 valence electrons. The fourth-order valence-electron chi connectivity index (χ4n) is 1.81. The molecule has 0 spiro atoms. The standard InChI is InChI=1S/C17H20F3NO2/c1-6-7-12(2)21(15(22)23-16(3,4)5)14-10-8-13(9-11-14)17(18,19)20/h6-11H,1H2,2-5H3/b12-7+. The third-order valence-electron chi connectivity index (χ3n) is 2.74. The number of carbonyl (C=O) groups is 1. The van der Waals surface area contributed by atoms with Gasteiger partial charge >= 0.3 is 12.3 Å². The predicted molar refractivity (Wildman–Crippen MR) is 84.1 cm³/mol. The Bertz CT molecular complexity index is 596. The van der Waals surface area contributed by atoms with Crippen LogP contribution in [0.5, 0.6) is 0 Å². The van der Waals surface area contributed by atoms with Crippen molar-refractivity contribution in [2.75, 3.05) is 4.90 Å². The molecule has 6 heteroatoms. The predicted octanol–water partition coefficient (Wildman–Crippen LogP) is 5.54. The summed E-state index contributed by atoms with van der Waals surface area (Å²) in [5, 5.41) is 0. The topological polar surface area (TPSA) is 29.5 Å². The first kappa shape index (κ1) is 18.8. The summed E-state index contributed by atoms with van der Waals surface area (Å²) in [6.07, 6.45) is -2.05. The number of amides is 1. The molecule has 0 aliphatic carbocycles. The minimum absolute atomic E-state index is 0.280. The van der Waals surface area contributed by atoms with Crippen molar-refractivity contribution >= 4 is 11.8 Å². The average molecular weight is 327 g/mol. The van der Waals surface area contributed by atoms with Crippen LogP contribution < -0.4 is 4.90 Å². The number of ether oxygens (including phenoxy) is 1. The second kappa shape index (κ2) is 6.89. The first-order valence-corrected chi connectivity index (χ1v) is 6.95. The van der Waals surface area contributed by atoms with Crippen LogP contribution in [0.25, 0.3) is 0 Å². The van der Waals surface area contributed by atoms with Crippen molar-refractivity contribution in [1.29, 1.82) is 0 Å². The van der Waals surface area contributed by atoms with E-state index in [0.717, 1.165) is 12.1 Å². The van der Waals surface area contributed by atoms with Crippen LogP contribution in [0.4, 0.5) is 23.7 Å². The molecule has 1 aromatic carbocycles. The van der Waals surface area contributed by atoms with Crippen LogP contribution in [-0.2, 0) is 10.9 Å². The quantitative estimate of drug-likeness (QED) is 0.682. The summed E-state index contributed by atoms with van der Waals surface area (Å²) in [5.41, 5.74) is -0.747. The van der Waals surface area contributed by atoms with Gasteiger partial charge in [0.2, 0.25) is 0 Å². The molecule has 0 aliphatic heterocycles. The summed E-state index contributed by atoms with van der Waals surface area (Å²) in [6, 6.07) is 4.31. The van der Waals surface area contributed by atoms with Gasteiger partial charge in [-0.1, -0.05) is 12.7 Å². The number of rotatable bonds is 3. The molecule has 0 N–H and O–H groups in total. The number of alkyl halides is 3. The Balaban J connectivity index is 3.22. The van der Waals surface area contributed by atoms with Crippen molar-refractivity contribution < 1.29 is 22.7 Å². The van der Waals surface area contributed by atoms with Gasteiger partial charge in [-0.25, -0.2) is 4.79 Å². The van der Waals surface area contributed by atoms with Gasteiger partial charge in [-0.15, -0.1) is 0 Å². The van der Waals surface area contributed by atoms with E-state index >= 15 is 0 Å². The van der Waals surface area contributed by atoms with E-state index in [1.54, 1.807) is 33.8 Å². The van der Waals surface area contributed by atoms with Crippen molar-refractivity contribution in [2.24, 2.45) is 0 Å². The Kier molecular flexibility index (Phi) is 5.64. The first-order chi connectivity index (χ1) is 10.5. The minimum Gasteiger partial charge on any atom is -0.443 e. The molecular formula is C17H20F3NO2. The summed E-state index contributed by atoms with van der Waals surface area (Å²) in [5.74, 6) is 0. The van der Waals surface area contributed by atoms with Crippen molar-refractivity contribution in [1.82, 2.24) is 0 Å². The van der Waals surface area contributed by atoms with Crippen LogP contribution in [0.2, 0.25) is 0 Å². The van der Waals surface area contributed by atoms with Crippen LogP contribution in [0.15, 0.2) is 48.7 Å². The molecule has 0 fully saturated rings. The van der Waals surface area contributed by atoms with Gasteiger partial charge < -0.3 is 4.74 Å². The van der Waals surface area contributed by atoms with Gasteiger partial charge in [-0.2, -0.15) is 13.2 Å². The molecule has 0 aromatic heterocycles. The van der Waals surface area contributed by atoms with E-state index in [0.29, 0.717) is 5.70 Å². The number of hydrogen-bond donors (Lipinski definition) is 0. The maximum Gasteiger partial charge on any atom is 0.419 e. The van der Waals surface area contributed by atoms with Gasteiger partial charge in [0.1, 0.15) is 5.60 Å². The SMILES string of the molecule is C=C/C=C(\C)N(C(=O)OC(C)(C)C)c1ccc(C(F)(F)F)cc1. The lowest BCUT2D eigenvalue weighted by Gasteiger charge is -2.28. The first-order valence-electron chi connectivity index (χ1n) is 6.95. The summed E-state index contributed by atoms with van der Waals surface area (Å²) in [6.45, 7) is 10.3. The summed E-state index contributed by atoms with van der Waals surface area (Å²) >= 11 is 0. The van der Waals surface area contributed by atoms with Gasteiger partial charge in [0, 0.05) is 5.70 Å². The molecule has 3 nitrogen and oxygen atoms in total. The summed E-state index contributed by atoms with van der Waals surface area (Å²) < 4.78 is 43.3.